The fourth-order valence-electron chi connectivity index (χ4n) is 2.72. The third-order valence-corrected chi connectivity index (χ3v) is 3.89. The second kappa shape index (κ2) is 4.61. The Kier molecular flexibility index (Phi) is 2.96. The van der Waals surface area contributed by atoms with Crippen LogP contribution in [0.5, 0.6) is 0 Å². The van der Waals surface area contributed by atoms with Gasteiger partial charge in [-0.3, -0.25) is 4.79 Å². The molecule has 0 bridgehead atoms. The molecular weight excluding hydrogens is 226 g/mol. The van der Waals surface area contributed by atoms with Gasteiger partial charge in [0.05, 0.1) is 0 Å². The molecule has 0 radical (unpaired) electrons. The molecule has 4 nitrogen and oxygen atoms in total. The van der Waals surface area contributed by atoms with Crippen LogP contribution >= 0.6 is 0 Å². The minimum absolute atomic E-state index is 0.124. The van der Waals surface area contributed by atoms with E-state index in [4.69, 9.17) is 5.73 Å². The number of carbonyl (C=O) groups excluding carboxylic acids is 1. The van der Waals surface area contributed by atoms with Crippen LogP contribution in [0.3, 0.4) is 0 Å². The highest BCUT2D eigenvalue weighted by Crippen LogP contribution is 2.28. The quantitative estimate of drug-likeness (QED) is 0.788. The van der Waals surface area contributed by atoms with Gasteiger partial charge in [0.15, 0.2) is 0 Å². The first-order valence-electron chi connectivity index (χ1n) is 6.66. The van der Waals surface area contributed by atoms with Crippen molar-refractivity contribution in [2.24, 2.45) is 5.73 Å². The van der Waals surface area contributed by atoms with Crippen molar-refractivity contribution in [3.8, 4) is 0 Å². The van der Waals surface area contributed by atoms with Crippen molar-refractivity contribution in [2.75, 3.05) is 23.3 Å². The molecule has 3 N–H and O–H groups in total. The molecular formula is C14H19N3O. The van der Waals surface area contributed by atoms with Crippen LogP contribution in [-0.4, -0.2) is 25.0 Å². The highest BCUT2D eigenvalue weighted by molar-refractivity contribution is 5.94. The van der Waals surface area contributed by atoms with Gasteiger partial charge in [-0.25, -0.2) is 0 Å². The summed E-state index contributed by atoms with van der Waals surface area (Å²) < 4.78 is 0. The van der Waals surface area contributed by atoms with Crippen LogP contribution in [0.1, 0.15) is 24.8 Å². The van der Waals surface area contributed by atoms with Gasteiger partial charge in [-0.05, 0) is 43.0 Å². The first-order valence-corrected chi connectivity index (χ1v) is 6.66. The van der Waals surface area contributed by atoms with Gasteiger partial charge in [0.1, 0.15) is 0 Å². The van der Waals surface area contributed by atoms with E-state index in [9.17, 15) is 4.79 Å². The van der Waals surface area contributed by atoms with Crippen molar-refractivity contribution in [3.05, 3.63) is 23.8 Å². The minimum atomic E-state index is 0.124. The molecule has 0 aromatic heterocycles. The van der Waals surface area contributed by atoms with Gasteiger partial charge in [0, 0.05) is 36.9 Å². The van der Waals surface area contributed by atoms with Crippen molar-refractivity contribution < 1.29 is 4.79 Å². The normalized spacial score (nSPS) is 20.5. The Balaban J connectivity index is 1.80. The van der Waals surface area contributed by atoms with Gasteiger partial charge in [0.2, 0.25) is 5.91 Å². The molecule has 3 rings (SSSR count). The predicted molar refractivity (Wildman–Crippen MR) is 72.8 cm³/mol. The molecule has 0 saturated carbocycles. The highest BCUT2D eigenvalue weighted by Gasteiger charge is 2.19. The van der Waals surface area contributed by atoms with E-state index in [0.717, 1.165) is 38.0 Å². The lowest BCUT2D eigenvalue weighted by atomic mass is 10.0. The molecule has 0 aliphatic carbocycles. The SMILES string of the molecule is NC1CCN(c2ccc3c(c2)CCC(=O)N3)CC1. The molecule has 18 heavy (non-hydrogen) atoms. The van der Waals surface area contributed by atoms with Gasteiger partial charge >= 0.3 is 0 Å². The monoisotopic (exact) mass is 245 g/mol. The Morgan fingerprint density at radius 1 is 1.22 bits per heavy atom. The number of hydrogen-bond donors (Lipinski definition) is 2. The van der Waals surface area contributed by atoms with E-state index in [2.05, 4.69) is 22.3 Å². The van der Waals surface area contributed by atoms with Gasteiger partial charge in [-0.2, -0.15) is 0 Å². The number of anilines is 2. The molecule has 2 heterocycles. The summed E-state index contributed by atoms with van der Waals surface area (Å²) in [6, 6.07) is 6.70. The lowest BCUT2D eigenvalue weighted by Crippen LogP contribution is -2.39. The van der Waals surface area contributed by atoms with Gasteiger partial charge in [-0.15, -0.1) is 0 Å². The number of fused-ring (bicyclic) bond motifs is 1. The molecule has 0 unspecified atom stereocenters. The highest BCUT2D eigenvalue weighted by atomic mass is 16.1. The second-order valence-electron chi connectivity index (χ2n) is 5.21. The summed E-state index contributed by atoms with van der Waals surface area (Å²) in [7, 11) is 0. The van der Waals surface area contributed by atoms with Crippen molar-refractivity contribution in [3.63, 3.8) is 0 Å². The van der Waals surface area contributed by atoms with Crippen LogP contribution in [-0.2, 0) is 11.2 Å². The third-order valence-electron chi connectivity index (χ3n) is 3.89. The molecule has 2 aliphatic rings. The van der Waals surface area contributed by atoms with Crippen LogP contribution in [0.15, 0.2) is 18.2 Å². The average Bonchev–Trinajstić information content (AvgIpc) is 2.39. The Bertz CT molecular complexity index is 464. The summed E-state index contributed by atoms with van der Waals surface area (Å²) in [5.74, 6) is 0.124. The molecule has 0 spiro atoms. The largest absolute Gasteiger partial charge is 0.371 e. The fraction of sp³-hybridized carbons (Fsp3) is 0.500. The lowest BCUT2D eigenvalue weighted by Gasteiger charge is -2.32. The molecule has 4 heteroatoms. The van der Waals surface area contributed by atoms with E-state index in [1.807, 2.05) is 6.07 Å². The number of benzene rings is 1. The molecule has 2 aliphatic heterocycles. The Morgan fingerprint density at radius 2 is 2.00 bits per heavy atom. The van der Waals surface area contributed by atoms with Crippen LogP contribution in [0.25, 0.3) is 0 Å². The van der Waals surface area contributed by atoms with E-state index < -0.39 is 0 Å². The number of rotatable bonds is 1. The van der Waals surface area contributed by atoms with Crippen LogP contribution < -0.4 is 16.0 Å². The first-order chi connectivity index (χ1) is 8.72. The number of carbonyl (C=O) groups is 1. The van der Waals surface area contributed by atoms with Crippen LogP contribution in [0.4, 0.5) is 11.4 Å². The standard InChI is InChI=1S/C14H19N3O/c15-11-5-7-17(8-6-11)12-2-3-13-10(9-12)1-4-14(18)16-13/h2-3,9,11H,1,4-8,15H2,(H,16,18). The first kappa shape index (κ1) is 11.5. The number of nitrogens with one attached hydrogen (secondary N) is 1. The maximum atomic E-state index is 11.3. The Labute approximate surface area is 107 Å². The predicted octanol–water partition coefficient (Wildman–Crippen LogP) is 1.50. The number of nitrogens with two attached hydrogens (primary N) is 1. The molecule has 1 amide bonds. The van der Waals surface area contributed by atoms with E-state index >= 15 is 0 Å². The Morgan fingerprint density at radius 3 is 2.78 bits per heavy atom. The lowest BCUT2D eigenvalue weighted by molar-refractivity contribution is -0.116. The van der Waals surface area contributed by atoms with Gasteiger partial charge in [-0.1, -0.05) is 0 Å². The molecule has 96 valence electrons. The van der Waals surface area contributed by atoms with E-state index in [-0.39, 0.29) is 5.91 Å². The van der Waals surface area contributed by atoms with Crippen LogP contribution in [0.2, 0.25) is 0 Å². The summed E-state index contributed by atoms with van der Waals surface area (Å²) in [6.45, 7) is 2.07. The summed E-state index contributed by atoms with van der Waals surface area (Å²) in [4.78, 5) is 13.7. The Hall–Kier alpha value is -1.55. The zero-order chi connectivity index (χ0) is 12.5. The van der Waals surface area contributed by atoms with Gasteiger partial charge < -0.3 is 16.0 Å². The van der Waals surface area contributed by atoms with E-state index in [0.29, 0.717) is 12.5 Å². The summed E-state index contributed by atoms with van der Waals surface area (Å²) in [5.41, 5.74) is 9.42. The maximum absolute atomic E-state index is 11.3. The van der Waals surface area contributed by atoms with Crippen LogP contribution in [0, 0.1) is 0 Å². The smallest absolute Gasteiger partial charge is 0.224 e. The minimum Gasteiger partial charge on any atom is -0.371 e. The number of nitrogens with zero attached hydrogens (tertiary/aromatic N) is 1. The average molecular weight is 245 g/mol. The molecule has 0 atom stereocenters. The number of hydrogen-bond acceptors (Lipinski definition) is 3. The number of piperidine rings is 1. The van der Waals surface area contributed by atoms with Crippen molar-refractivity contribution in [2.45, 2.75) is 31.7 Å². The summed E-state index contributed by atoms with van der Waals surface area (Å²) in [5, 5.41) is 2.92. The third kappa shape index (κ3) is 2.20. The van der Waals surface area contributed by atoms with Gasteiger partial charge in [0.25, 0.3) is 0 Å². The summed E-state index contributed by atoms with van der Waals surface area (Å²) >= 11 is 0. The summed E-state index contributed by atoms with van der Waals surface area (Å²) in [6.07, 6.45) is 3.57. The topological polar surface area (TPSA) is 58.4 Å². The van der Waals surface area contributed by atoms with Crippen molar-refractivity contribution in [1.82, 2.24) is 0 Å². The van der Waals surface area contributed by atoms with Crippen molar-refractivity contribution in [1.29, 1.82) is 0 Å². The second-order valence-corrected chi connectivity index (χ2v) is 5.21. The fourth-order valence-corrected chi connectivity index (χ4v) is 2.72. The molecule has 1 aromatic rings. The number of amides is 1. The maximum Gasteiger partial charge on any atom is 0.224 e. The molecule has 1 aromatic carbocycles. The number of aryl methyl sites for hydroxylation is 1. The zero-order valence-electron chi connectivity index (χ0n) is 10.5. The van der Waals surface area contributed by atoms with E-state index in [1.165, 1.54) is 11.3 Å². The molecule has 1 fully saturated rings. The van der Waals surface area contributed by atoms with Crippen molar-refractivity contribution >= 4 is 17.3 Å². The van der Waals surface area contributed by atoms with E-state index in [1.54, 1.807) is 0 Å². The molecule has 1 saturated heterocycles. The zero-order valence-corrected chi connectivity index (χ0v) is 10.5.